The molecule has 1 aliphatic rings. The Bertz CT molecular complexity index is 1140. The molecule has 1 aromatic heterocycles. The first kappa shape index (κ1) is 21.3. The quantitative estimate of drug-likeness (QED) is 0.519. The highest BCUT2D eigenvalue weighted by atomic mass is 32.2. The smallest absolute Gasteiger partial charge is 0.258 e. The average molecular weight is 444 g/mol. The van der Waals surface area contributed by atoms with Gasteiger partial charge in [-0.1, -0.05) is 5.16 Å². The van der Waals surface area contributed by atoms with Gasteiger partial charge >= 0.3 is 0 Å². The second-order valence-corrected chi connectivity index (χ2v) is 9.02. The van der Waals surface area contributed by atoms with Gasteiger partial charge in [-0.2, -0.15) is 9.29 Å². The van der Waals surface area contributed by atoms with Gasteiger partial charge in [0, 0.05) is 24.2 Å². The summed E-state index contributed by atoms with van der Waals surface area (Å²) in [6, 6.07) is 12.0. The van der Waals surface area contributed by atoms with E-state index in [1.807, 2.05) is 26.0 Å². The zero-order valence-corrected chi connectivity index (χ0v) is 18.4. The summed E-state index contributed by atoms with van der Waals surface area (Å²) in [5, 5.41) is 4.05. The summed E-state index contributed by atoms with van der Waals surface area (Å²) in [5.41, 5.74) is 1.38. The summed E-state index contributed by atoms with van der Waals surface area (Å²) in [4.78, 5) is 4.74. The van der Waals surface area contributed by atoms with E-state index in [0.717, 1.165) is 12.8 Å². The van der Waals surface area contributed by atoms with Gasteiger partial charge in [0.2, 0.25) is 15.8 Å². The van der Waals surface area contributed by atoms with Crippen LogP contribution in [0.25, 0.3) is 22.8 Å². The van der Waals surface area contributed by atoms with Crippen LogP contribution < -0.4 is 9.47 Å². The van der Waals surface area contributed by atoms with Gasteiger partial charge in [0.1, 0.15) is 0 Å². The average Bonchev–Trinajstić information content (AvgIpc) is 3.48. The summed E-state index contributed by atoms with van der Waals surface area (Å²) in [5.74, 6) is 1.99. The zero-order chi connectivity index (χ0) is 21.8. The predicted octanol–water partition coefficient (Wildman–Crippen LogP) is 3.99. The summed E-state index contributed by atoms with van der Waals surface area (Å²) < 4.78 is 43.6. The molecule has 1 fully saturated rings. The van der Waals surface area contributed by atoms with E-state index in [0.29, 0.717) is 60.6 Å². The van der Waals surface area contributed by atoms with Crippen molar-refractivity contribution < 1.29 is 22.4 Å². The highest BCUT2D eigenvalue weighted by molar-refractivity contribution is 7.89. The predicted molar refractivity (Wildman–Crippen MR) is 116 cm³/mol. The van der Waals surface area contributed by atoms with Crippen LogP contribution in [0.1, 0.15) is 26.7 Å². The number of nitrogens with zero attached hydrogens (tertiary/aromatic N) is 3. The molecule has 0 amide bonds. The summed E-state index contributed by atoms with van der Waals surface area (Å²) in [6.07, 6.45) is 1.80. The molecule has 4 rings (SSSR count). The lowest BCUT2D eigenvalue weighted by atomic mass is 10.2. The molecule has 0 bridgehead atoms. The Kier molecular flexibility index (Phi) is 6.24. The molecule has 9 heteroatoms. The van der Waals surface area contributed by atoms with Crippen LogP contribution in [0.3, 0.4) is 0 Å². The number of ether oxygens (including phenoxy) is 2. The number of sulfonamides is 1. The van der Waals surface area contributed by atoms with E-state index >= 15 is 0 Å². The van der Waals surface area contributed by atoms with Gasteiger partial charge in [-0.05, 0) is 69.2 Å². The monoisotopic (exact) mass is 443 g/mol. The second-order valence-electron chi connectivity index (χ2n) is 7.09. The first-order valence-corrected chi connectivity index (χ1v) is 11.8. The summed E-state index contributed by atoms with van der Waals surface area (Å²) in [7, 11) is -3.45. The van der Waals surface area contributed by atoms with Crippen molar-refractivity contribution in [1.82, 2.24) is 14.4 Å². The third kappa shape index (κ3) is 4.42. The molecule has 0 radical (unpaired) electrons. The highest BCUT2D eigenvalue weighted by Crippen LogP contribution is 2.33. The first-order chi connectivity index (χ1) is 15.0. The lowest BCUT2D eigenvalue weighted by molar-refractivity contribution is 0.288. The molecule has 0 spiro atoms. The van der Waals surface area contributed by atoms with E-state index in [4.69, 9.17) is 14.0 Å². The van der Waals surface area contributed by atoms with Crippen LogP contribution in [0.4, 0.5) is 0 Å². The molecule has 1 aliphatic heterocycles. The van der Waals surface area contributed by atoms with Crippen molar-refractivity contribution in [2.24, 2.45) is 0 Å². The van der Waals surface area contributed by atoms with E-state index in [2.05, 4.69) is 10.1 Å². The van der Waals surface area contributed by atoms with Gasteiger partial charge in [0.15, 0.2) is 11.5 Å². The van der Waals surface area contributed by atoms with Gasteiger partial charge in [0.05, 0.1) is 18.1 Å². The maximum Gasteiger partial charge on any atom is 0.258 e. The maximum absolute atomic E-state index is 12.7. The third-order valence-electron chi connectivity index (χ3n) is 5.03. The summed E-state index contributed by atoms with van der Waals surface area (Å²) in [6.45, 7) is 6.00. The Balaban J connectivity index is 1.57. The molecule has 3 aromatic rings. The van der Waals surface area contributed by atoms with E-state index < -0.39 is 10.0 Å². The van der Waals surface area contributed by atoms with E-state index in [1.54, 1.807) is 30.3 Å². The van der Waals surface area contributed by atoms with Crippen molar-refractivity contribution in [2.75, 3.05) is 26.3 Å². The lowest BCUT2D eigenvalue weighted by Gasteiger charge is -2.15. The van der Waals surface area contributed by atoms with Crippen LogP contribution in [-0.2, 0) is 10.0 Å². The van der Waals surface area contributed by atoms with Crippen molar-refractivity contribution >= 4 is 10.0 Å². The van der Waals surface area contributed by atoms with Gasteiger partial charge < -0.3 is 14.0 Å². The molecule has 0 unspecified atom stereocenters. The number of rotatable bonds is 8. The molecule has 2 heterocycles. The molecule has 164 valence electrons. The number of benzene rings is 2. The maximum atomic E-state index is 12.7. The Labute approximate surface area is 181 Å². The Morgan fingerprint density at radius 1 is 0.935 bits per heavy atom. The number of aromatic nitrogens is 2. The van der Waals surface area contributed by atoms with Gasteiger partial charge in [0.25, 0.3) is 5.89 Å². The van der Waals surface area contributed by atoms with Crippen LogP contribution in [-0.4, -0.2) is 49.2 Å². The highest BCUT2D eigenvalue weighted by Gasteiger charge is 2.27. The number of hydrogen-bond donors (Lipinski definition) is 0. The molecule has 31 heavy (non-hydrogen) atoms. The van der Waals surface area contributed by atoms with Crippen LogP contribution in [0.5, 0.6) is 11.5 Å². The SMILES string of the molecule is CCOc1ccc(-c2nc(-c3ccc(S(=O)(=O)N4CCCC4)cc3)no2)cc1OCC. The van der Waals surface area contributed by atoms with Gasteiger partial charge in [-0.25, -0.2) is 8.42 Å². The Morgan fingerprint density at radius 3 is 2.26 bits per heavy atom. The molecule has 0 N–H and O–H groups in total. The van der Waals surface area contributed by atoms with Crippen LogP contribution in [0.15, 0.2) is 51.9 Å². The van der Waals surface area contributed by atoms with Crippen molar-refractivity contribution in [3.8, 4) is 34.3 Å². The molecule has 1 saturated heterocycles. The second kappa shape index (κ2) is 9.07. The van der Waals surface area contributed by atoms with E-state index in [-0.39, 0.29) is 4.90 Å². The minimum Gasteiger partial charge on any atom is -0.490 e. The van der Waals surface area contributed by atoms with Crippen LogP contribution in [0, 0.1) is 0 Å². The molecule has 0 aliphatic carbocycles. The van der Waals surface area contributed by atoms with E-state index in [9.17, 15) is 8.42 Å². The van der Waals surface area contributed by atoms with Gasteiger partial charge in [-0.15, -0.1) is 0 Å². The third-order valence-corrected chi connectivity index (χ3v) is 6.94. The standard InChI is InChI=1S/C22H25N3O5S/c1-3-28-19-12-9-17(15-20(19)29-4-2)22-23-21(24-30-22)16-7-10-18(11-8-16)31(26,27)25-13-5-6-14-25/h7-12,15H,3-6,13-14H2,1-2H3. The van der Waals surface area contributed by atoms with Crippen LogP contribution >= 0.6 is 0 Å². The molecule has 0 saturated carbocycles. The Morgan fingerprint density at radius 2 is 1.58 bits per heavy atom. The van der Waals surface area contributed by atoms with Gasteiger partial charge in [-0.3, -0.25) is 0 Å². The minimum atomic E-state index is -3.45. The van der Waals surface area contributed by atoms with Crippen molar-refractivity contribution in [1.29, 1.82) is 0 Å². The molecule has 8 nitrogen and oxygen atoms in total. The molecular formula is C22H25N3O5S. The molecule has 0 atom stereocenters. The summed E-state index contributed by atoms with van der Waals surface area (Å²) >= 11 is 0. The van der Waals surface area contributed by atoms with E-state index in [1.165, 1.54) is 4.31 Å². The minimum absolute atomic E-state index is 0.273. The fraction of sp³-hybridized carbons (Fsp3) is 0.364. The molecule has 2 aromatic carbocycles. The molecular weight excluding hydrogens is 418 g/mol. The topological polar surface area (TPSA) is 94.8 Å². The largest absolute Gasteiger partial charge is 0.490 e. The lowest BCUT2D eigenvalue weighted by Crippen LogP contribution is -2.27. The van der Waals surface area contributed by atoms with Crippen molar-refractivity contribution in [3.05, 3.63) is 42.5 Å². The Hall–Kier alpha value is -2.91. The normalized spacial score (nSPS) is 14.6. The van der Waals surface area contributed by atoms with Crippen molar-refractivity contribution in [2.45, 2.75) is 31.6 Å². The fourth-order valence-electron chi connectivity index (χ4n) is 3.50. The zero-order valence-electron chi connectivity index (χ0n) is 17.6. The first-order valence-electron chi connectivity index (χ1n) is 10.4. The fourth-order valence-corrected chi connectivity index (χ4v) is 5.01. The van der Waals surface area contributed by atoms with Crippen LogP contribution in [0.2, 0.25) is 0 Å². The number of hydrogen-bond acceptors (Lipinski definition) is 7. The van der Waals surface area contributed by atoms with Crippen molar-refractivity contribution in [3.63, 3.8) is 0 Å².